The second kappa shape index (κ2) is 11.6. The number of aliphatic carboxylic acids is 1. The van der Waals surface area contributed by atoms with Gasteiger partial charge in [-0.05, 0) is 69.1 Å². The molecule has 1 aromatic carbocycles. The van der Waals surface area contributed by atoms with Gasteiger partial charge in [0.05, 0.1) is 30.0 Å². The molecule has 11 nitrogen and oxygen atoms in total. The summed E-state index contributed by atoms with van der Waals surface area (Å²) in [4.78, 5) is 31.5. The minimum absolute atomic E-state index is 0.0234. The molecule has 1 saturated heterocycles. The number of nitrogens with two attached hydrogens (primary N) is 2. The molecule has 7 N–H and O–H groups in total. The van der Waals surface area contributed by atoms with E-state index < -0.39 is 5.97 Å². The number of aromatic nitrogens is 3. The first-order valence-electron chi connectivity index (χ1n) is 16.3. The van der Waals surface area contributed by atoms with Gasteiger partial charge < -0.3 is 36.5 Å². The predicted molar refractivity (Wildman–Crippen MR) is 176 cm³/mol. The molecule has 11 heteroatoms. The average Bonchev–Trinajstić information content (AvgIpc) is 3.35. The summed E-state index contributed by atoms with van der Waals surface area (Å²) in [6, 6.07) is 7.62. The average molecular weight is 613 g/mol. The molecule has 1 atom stereocenters. The molecule has 45 heavy (non-hydrogen) atoms. The number of anilines is 3. The SMILES string of the molecule is C[C@@H]1c2c([nH]c(N)c2/C=C(\N)c2ccccc2O)CCN1c1ncc(N2CCN(C3CCC4(CC3)CC(C(=O)O)C4)CC2)cn1. The molecule has 4 aliphatic rings. The Hall–Kier alpha value is -4.25. The summed E-state index contributed by atoms with van der Waals surface area (Å²) < 4.78 is 0. The van der Waals surface area contributed by atoms with Gasteiger partial charge in [0.25, 0.3) is 0 Å². The third kappa shape index (κ3) is 5.47. The first-order valence-corrected chi connectivity index (χ1v) is 16.3. The van der Waals surface area contributed by atoms with Gasteiger partial charge in [-0.1, -0.05) is 12.1 Å². The molecule has 1 spiro atoms. The summed E-state index contributed by atoms with van der Waals surface area (Å²) in [5.74, 6) is 0.653. The number of phenols is 1. The van der Waals surface area contributed by atoms with E-state index in [4.69, 9.17) is 21.4 Å². The summed E-state index contributed by atoms with van der Waals surface area (Å²) in [5.41, 5.74) is 18.2. The number of nitrogen functional groups attached to an aromatic ring is 1. The summed E-state index contributed by atoms with van der Waals surface area (Å²) in [7, 11) is 0. The maximum Gasteiger partial charge on any atom is 0.306 e. The van der Waals surface area contributed by atoms with Gasteiger partial charge >= 0.3 is 5.97 Å². The molecule has 2 aliphatic heterocycles. The molecule has 2 aromatic heterocycles. The number of piperazine rings is 1. The van der Waals surface area contributed by atoms with Crippen LogP contribution in [0.4, 0.5) is 17.5 Å². The van der Waals surface area contributed by atoms with Crippen LogP contribution >= 0.6 is 0 Å². The van der Waals surface area contributed by atoms with E-state index in [1.54, 1.807) is 18.2 Å². The summed E-state index contributed by atoms with van der Waals surface area (Å²) in [6.45, 7) is 6.86. The molecule has 238 valence electrons. The van der Waals surface area contributed by atoms with Crippen molar-refractivity contribution in [2.24, 2.45) is 17.1 Å². The van der Waals surface area contributed by atoms with Gasteiger partial charge in [0.2, 0.25) is 5.95 Å². The van der Waals surface area contributed by atoms with Gasteiger partial charge in [-0.2, -0.15) is 0 Å². The van der Waals surface area contributed by atoms with Crippen molar-refractivity contribution >= 4 is 35.2 Å². The van der Waals surface area contributed by atoms with Crippen molar-refractivity contribution < 1.29 is 15.0 Å². The molecule has 2 saturated carbocycles. The lowest BCUT2D eigenvalue weighted by Crippen LogP contribution is -2.53. The molecule has 0 amide bonds. The Balaban J connectivity index is 0.977. The van der Waals surface area contributed by atoms with Crippen LogP contribution in [0.15, 0.2) is 36.7 Å². The van der Waals surface area contributed by atoms with Crippen molar-refractivity contribution in [1.82, 2.24) is 19.9 Å². The number of carboxylic acids is 1. The number of carbonyl (C=O) groups is 1. The van der Waals surface area contributed by atoms with Crippen LogP contribution in [0, 0.1) is 11.3 Å². The van der Waals surface area contributed by atoms with Gasteiger partial charge in [0, 0.05) is 73.3 Å². The molecular weight excluding hydrogens is 568 g/mol. The Morgan fingerprint density at radius 2 is 1.76 bits per heavy atom. The third-order valence-electron chi connectivity index (χ3n) is 11.0. The number of hydrogen-bond donors (Lipinski definition) is 5. The molecule has 2 aliphatic carbocycles. The van der Waals surface area contributed by atoms with E-state index in [1.165, 1.54) is 25.7 Å². The van der Waals surface area contributed by atoms with Gasteiger partial charge in [0.1, 0.15) is 11.6 Å². The number of rotatable bonds is 6. The van der Waals surface area contributed by atoms with E-state index in [9.17, 15) is 15.0 Å². The van der Waals surface area contributed by atoms with Gasteiger partial charge in [-0.15, -0.1) is 0 Å². The van der Waals surface area contributed by atoms with E-state index in [0.717, 1.165) is 74.5 Å². The molecule has 3 fully saturated rings. The van der Waals surface area contributed by atoms with Crippen LogP contribution in [0.25, 0.3) is 11.8 Å². The number of nitrogens with one attached hydrogen (secondary N) is 1. The standard InChI is InChI=1S/C34H44N8O3/c1-21-30-26(16-27(35)25-4-2-3-5-29(25)43)31(36)39-28(30)8-11-42(21)33-37-19-24(20-38-33)41-14-12-40(13-15-41)23-6-9-34(10-7-23)17-22(18-34)32(44)45/h2-5,16,19-23,39,43H,6-15,17-18,35-36H2,1H3,(H,44,45)/b27-16-/t21-,22?,23?,34?/m1/s1. The first-order chi connectivity index (χ1) is 21.7. The molecular formula is C34H44N8O3. The Kier molecular flexibility index (Phi) is 7.59. The molecule has 0 unspecified atom stereocenters. The van der Waals surface area contributed by atoms with Crippen LogP contribution in [0.2, 0.25) is 0 Å². The van der Waals surface area contributed by atoms with Crippen LogP contribution in [0.5, 0.6) is 5.75 Å². The number of phenolic OH excluding ortho intramolecular Hbond substituents is 1. The lowest BCUT2D eigenvalue weighted by molar-refractivity contribution is -0.152. The van der Waals surface area contributed by atoms with Crippen molar-refractivity contribution in [2.75, 3.05) is 48.3 Å². The van der Waals surface area contributed by atoms with Crippen LogP contribution < -0.4 is 21.3 Å². The van der Waals surface area contributed by atoms with E-state index in [1.807, 2.05) is 24.5 Å². The first kappa shape index (κ1) is 29.5. The van der Waals surface area contributed by atoms with E-state index in [0.29, 0.717) is 34.5 Å². The number of benzene rings is 1. The number of carboxylic acid groups (broad SMARTS) is 1. The molecule has 3 aromatic rings. The number of aromatic amines is 1. The minimum atomic E-state index is -0.615. The Bertz CT molecular complexity index is 1580. The monoisotopic (exact) mass is 612 g/mol. The number of H-pyrrole nitrogens is 1. The normalized spacial score (nSPS) is 27.3. The highest BCUT2D eigenvalue weighted by molar-refractivity contribution is 5.86. The number of para-hydroxylation sites is 1. The lowest BCUT2D eigenvalue weighted by Gasteiger charge is -2.52. The molecule has 0 bridgehead atoms. The second-order valence-corrected chi connectivity index (χ2v) is 13.5. The number of aromatic hydroxyl groups is 1. The molecule has 7 rings (SSSR count). The topological polar surface area (TPSA) is 161 Å². The van der Waals surface area contributed by atoms with Crippen LogP contribution in [-0.4, -0.2) is 74.8 Å². The Morgan fingerprint density at radius 3 is 2.42 bits per heavy atom. The van der Waals surface area contributed by atoms with Crippen molar-refractivity contribution in [1.29, 1.82) is 0 Å². The summed E-state index contributed by atoms with van der Waals surface area (Å²) in [6.07, 6.45) is 13.0. The van der Waals surface area contributed by atoms with Crippen LogP contribution in [0.1, 0.15) is 73.9 Å². The number of fused-ring (bicyclic) bond motifs is 1. The van der Waals surface area contributed by atoms with Gasteiger partial charge in [0.15, 0.2) is 0 Å². The van der Waals surface area contributed by atoms with Gasteiger partial charge in [-0.25, -0.2) is 9.97 Å². The van der Waals surface area contributed by atoms with Gasteiger partial charge in [-0.3, -0.25) is 9.69 Å². The lowest BCUT2D eigenvalue weighted by atomic mass is 9.55. The summed E-state index contributed by atoms with van der Waals surface area (Å²) in [5, 5.41) is 19.6. The minimum Gasteiger partial charge on any atom is -0.507 e. The highest BCUT2D eigenvalue weighted by Gasteiger charge is 2.49. The molecule has 4 heterocycles. The highest BCUT2D eigenvalue weighted by atomic mass is 16.4. The number of nitrogens with zero attached hydrogens (tertiary/aromatic N) is 5. The second-order valence-electron chi connectivity index (χ2n) is 13.5. The van der Waals surface area contributed by atoms with E-state index in [2.05, 4.69) is 26.6 Å². The van der Waals surface area contributed by atoms with Crippen molar-refractivity contribution in [3.8, 4) is 5.75 Å². The maximum absolute atomic E-state index is 11.3. The fourth-order valence-electron chi connectivity index (χ4n) is 8.36. The fraction of sp³-hybridized carbons (Fsp3) is 0.500. The largest absolute Gasteiger partial charge is 0.507 e. The third-order valence-corrected chi connectivity index (χ3v) is 11.0. The van der Waals surface area contributed by atoms with Crippen molar-refractivity contribution in [3.05, 3.63) is 59.0 Å². The smallest absolute Gasteiger partial charge is 0.306 e. The van der Waals surface area contributed by atoms with Crippen LogP contribution in [0.3, 0.4) is 0 Å². The molecule has 0 radical (unpaired) electrons. The number of hydrogen-bond acceptors (Lipinski definition) is 9. The fourth-order valence-corrected chi connectivity index (χ4v) is 8.36. The Labute approximate surface area is 263 Å². The van der Waals surface area contributed by atoms with E-state index >= 15 is 0 Å². The van der Waals surface area contributed by atoms with Crippen molar-refractivity contribution in [2.45, 2.75) is 64.0 Å². The Morgan fingerprint density at radius 1 is 1.07 bits per heavy atom. The van der Waals surface area contributed by atoms with Crippen LogP contribution in [-0.2, 0) is 11.2 Å². The maximum atomic E-state index is 11.3. The zero-order valence-electron chi connectivity index (χ0n) is 26.0. The highest BCUT2D eigenvalue weighted by Crippen LogP contribution is 2.55. The zero-order chi connectivity index (χ0) is 31.3. The summed E-state index contributed by atoms with van der Waals surface area (Å²) >= 11 is 0. The van der Waals surface area contributed by atoms with Crippen molar-refractivity contribution in [3.63, 3.8) is 0 Å². The predicted octanol–water partition coefficient (Wildman–Crippen LogP) is 4.22. The zero-order valence-corrected chi connectivity index (χ0v) is 26.0. The van der Waals surface area contributed by atoms with E-state index in [-0.39, 0.29) is 17.7 Å². The quantitative estimate of drug-likeness (QED) is 0.273.